The lowest BCUT2D eigenvalue weighted by molar-refractivity contribution is -0.133. The number of amides is 1. The highest BCUT2D eigenvalue weighted by Crippen LogP contribution is 2.21. The molecule has 24 heavy (non-hydrogen) atoms. The number of fused-ring (bicyclic) bond motifs is 1. The van der Waals surface area contributed by atoms with Crippen LogP contribution in [0.2, 0.25) is 5.02 Å². The summed E-state index contributed by atoms with van der Waals surface area (Å²) in [7, 11) is 1.63. The summed E-state index contributed by atoms with van der Waals surface area (Å²) in [6.45, 7) is 3.29. The van der Waals surface area contributed by atoms with Crippen LogP contribution in [0.4, 0.5) is 0 Å². The number of aromatic nitrogens is 3. The predicted octanol–water partition coefficient (Wildman–Crippen LogP) is 1.01. The number of carbonyl (C=O) groups excluding carboxylic acids is 1. The van der Waals surface area contributed by atoms with Gasteiger partial charge in [0.05, 0.1) is 0 Å². The first-order valence-corrected chi connectivity index (χ1v) is 8.13. The average Bonchev–Trinajstić information content (AvgIpc) is 2.72. The van der Waals surface area contributed by atoms with Gasteiger partial charge in [0.1, 0.15) is 11.6 Å². The van der Waals surface area contributed by atoms with E-state index in [9.17, 15) is 9.59 Å². The summed E-state index contributed by atoms with van der Waals surface area (Å²) in [5.41, 5.74) is 0.738. The molecule has 0 aliphatic carbocycles. The second kappa shape index (κ2) is 6.68. The molecule has 128 valence electrons. The Balaban J connectivity index is 1.61. The summed E-state index contributed by atoms with van der Waals surface area (Å²) in [6.07, 6.45) is 0.557. The predicted molar refractivity (Wildman–Crippen MR) is 89.4 cm³/mol. The molecule has 0 unspecified atom stereocenters. The molecule has 7 nitrogen and oxygen atoms in total. The van der Waals surface area contributed by atoms with Gasteiger partial charge in [0.2, 0.25) is 0 Å². The third kappa shape index (κ3) is 3.31. The first kappa shape index (κ1) is 16.6. The van der Waals surface area contributed by atoms with Crippen LogP contribution >= 0.6 is 11.6 Å². The van der Waals surface area contributed by atoms with E-state index in [0.29, 0.717) is 42.7 Å². The van der Waals surface area contributed by atoms with E-state index in [1.807, 2.05) is 6.92 Å². The zero-order valence-corrected chi connectivity index (χ0v) is 14.4. The molecule has 3 rings (SSSR count). The van der Waals surface area contributed by atoms with Gasteiger partial charge in [-0.1, -0.05) is 11.6 Å². The number of nitrogens with zero attached hydrogens (tertiary/aromatic N) is 4. The summed E-state index contributed by atoms with van der Waals surface area (Å²) in [5, 5.41) is 4.84. The number of rotatable bonds is 3. The third-order valence-corrected chi connectivity index (χ3v) is 4.36. The van der Waals surface area contributed by atoms with Gasteiger partial charge in [0, 0.05) is 38.1 Å². The van der Waals surface area contributed by atoms with Crippen molar-refractivity contribution in [1.29, 1.82) is 0 Å². The Morgan fingerprint density at radius 2 is 2.12 bits per heavy atom. The van der Waals surface area contributed by atoms with Gasteiger partial charge < -0.3 is 9.64 Å². The number of benzene rings is 1. The standard InChI is InChI=1S/C16H19ClN4O3/c1-11-9-12(17)3-4-13(11)24-10-15(22)20-6-5-14-18-19(2)16(23)21(14)8-7-20/h3-4,9H,5-8,10H2,1-2H3. The topological polar surface area (TPSA) is 69.4 Å². The minimum absolute atomic E-state index is 0.0389. The van der Waals surface area contributed by atoms with Gasteiger partial charge in [0.25, 0.3) is 5.91 Å². The van der Waals surface area contributed by atoms with E-state index in [1.165, 1.54) is 4.68 Å². The van der Waals surface area contributed by atoms with Gasteiger partial charge in [0.15, 0.2) is 6.61 Å². The molecule has 1 aromatic heterocycles. The van der Waals surface area contributed by atoms with E-state index in [-0.39, 0.29) is 18.2 Å². The number of carbonyl (C=O) groups is 1. The average molecular weight is 351 g/mol. The summed E-state index contributed by atoms with van der Waals surface area (Å²) >= 11 is 5.91. The molecule has 0 radical (unpaired) electrons. The van der Waals surface area contributed by atoms with Gasteiger partial charge in [-0.3, -0.25) is 9.36 Å². The molecule has 1 aliphatic rings. The van der Waals surface area contributed by atoms with Gasteiger partial charge in [-0.05, 0) is 30.7 Å². The Kier molecular flexibility index (Phi) is 4.62. The molecule has 0 saturated carbocycles. The maximum Gasteiger partial charge on any atom is 0.345 e. The van der Waals surface area contributed by atoms with Gasteiger partial charge >= 0.3 is 5.69 Å². The second-order valence-corrected chi connectivity index (χ2v) is 6.24. The first-order chi connectivity index (χ1) is 11.5. The van der Waals surface area contributed by atoms with Crippen molar-refractivity contribution in [3.8, 4) is 5.75 Å². The van der Waals surface area contributed by atoms with Crippen molar-refractivity contribution in [3.05, 3.63) is 45.1 Å². The molecule has 0 spiro atoms. The van der Waals surface area contributed by atoms with Crippen LogP contribution in [-0.4, -0.2) is 44.9 Å². The normalized spacial score (nSPS) is 14.2. The maximum atomic E-state index is 12.4. The molecule has 0 bridgehead atoms. The first-order valence-electron chi connectivity index (χ1n) is 7.75. The minimum atomic E-state index is -0.146. The number of halogens is 1. The molecule has 1 amide bonds. The van der Waals surface area contributed by atoms with Gasteiger partial charge in [-0.15, -0.1) is 0 Å². The van der Waals surface area contributed by atoms with E-state index < -0.39 is 0 Å². The third-order valence-electron chi connectivity index (χ3n) is 4.12. The van der Waals surface area contributed by atoms with Crippen molar-refractivity contribution >= 4 is 17.5 Å². The van der Waals surface area contributed by atoms with Crippen LogP contribution in [-0.2, 0) is 24.8 Å². The molecule has 2 aromatic rings. The molecule has 0 atom stereocenters. The highest BCUT2D eigenvalue weighted by molar-refractivity contribution is 6.30. The highest BCUT2D eigenvalue weighted by Gasteiger charge is 2.22. The van der Waals surface area contributed by atoms with Crippen LogP contribution in [0, 0.1) is 6.92 Å². The SMILES string of the molecule is Cc1cc(Cl)ccc1OCC(=O)N1CCc2nn(C)c(=O)n2CC1. The number of hydrogen-bond acceptors (Lipinski definition) is 4. The molecule has 1 aliphatic heterocycles. The van der Waals surface area contributed by atoms with Crippen LogP contribution in [0.15, 0.2) is 23.0 Å². The lowest BCUT2D eigenvalue weighted by Crippen LogP contribution is -2.38. The Labute approximate surface area is 144 Å². The fraction of sp³-hybridized carbons (Fsp3) is 0.438. The van der Waals surface area contributed by atoms with Crippen LogP contribution in [0.25, 0.3) is 0 Å². The molecule has 0 fully saturated rings. The van der Waals surface area contributed by atoms with Crippen LogP contribution in [0.5, 0.6) is 5.75 Å². The maximum absolute atomic E-state index is 12.4. The number of hydrogen-bond donors (Lipinski definition) is 0. The molecule has 8 heteroatoms. The molecule has 1 aromatic carbocycles. The van der Waals surface area contributed by atoms with Crippen LogP contribution in [0.1, 0.15) is 11.4 Å². The monoisotopic (exact) mass is 350 g/mol. The van der Waals surface area contributed by atoms with Crippen LogP contribution in [0.3, 0.4) is 0 Å². The molecule has 0 saturated heterocycles. The fourth-order valence-corrected chi connectivity index (χ4v) is 3.01. The minimum Gasteiger partial charge on any atom is -0.483 e. The summed E-state index contributed by atoms with van der Waals surface area (Å²) in [4.78, 5) is 26.0. The van der Waals surface area contributed by atoms with Crippen molar-refractivity contribution < 1.29 is 9.53 Å². The lowest BCUT2D eigenvalue weighted by atomic mass is 10.2. The molecular weight excluding hydrogens is 332 g/mol. The van der Waals surface area contributed by atoms with Crippen molar-refractivity contribution in [2.45, 2.75) is 19.9 Å². The van der Waals surface area contributed by atoms with Crippen molar-refractivity contribution in [2.75, 3.05) is 19.7 Å². The van der Waals surface area contributed by atoms with E-state index >= 15 is 0 Å². The van der Waals surface area contributed by atoms with Gasteiger partial charge in [-0.2, -0.15) is 5.10 Å². The second-order valence-electron chi connectivity index (χ2n) is 5.80. The Morgan fingerprint density at radius 1 is 1.33 bits per heavy atom. The fourth-order valence-electron chi connectivity index (χ4n) is 2.79. The van der Waals surface area contributed by atoms with E-state index in [4.69, 9.17) is 16.3 Å². The van der Waals surface area contributed by atoms with E-state index in [2.05, 4.69) is 5.10 Å². The summed E-state index contributed by atoms with van der Waals surface area (Å²) < 4.78 is 8.57. The smallest absolute Gasteiger partial charge is 0.345 e. The zero-order chi connectivity index (χ0) is 17.3. The summed E-state index contributed by atoms with van der Waals surface area (Å²) in [6, 6.07) is 5.28. The number of aryl methyl sites for hydroxylation is 2. The Hall–Kier alpha value is -2.28. The number of ether oxygens (including phenoxy) is 1. The van der Waals surface area contributed by atoms with Crippen molar-refractivity contribution in [2.24, 2.45) is 7.05 Å². The van der Waals surface area contributed by atoms with E-state index in [1.54, 1.807) is 34.7 Å². The van der Waals surface area contributed by atoms with Crippen LogP contribution < -0.4 is 10.4 Å². The Bertz CT molecular complexity index is 827. The largest absolute Gasteiger partial charge is 0.483 e. The molecular formula is C16H19ClN4O3. The lowest BCUT2D eigenvalue weighted by Gasteiger charge is -2.20. The Morgan fingerprint density at radius 3 is 2.88 bits per heavy atom. The molecule has 0 N–H and O–H groups in total. The van der Waals surface area contributed by atoms with E-state index in [0.717, 1.165) is 5.56 Å². The van der Waals surface area contributed by atoms with Crippen molar-refractivity contribution in [1.82, 2.24) is 19.2 Å². The summed E-state index contributed by atoms with van der Waals surface area (Å²) in [5.74, 6) is 1.25. The van der Waals surface area contributed by atoms with Crippen molar-refractivity contribution in [3.63, 3.8) is 0 Å². The quantitative estimate of drug-likeness (QED) is 0.828. The molecule has 2 heterocycles. The highest BCUT2D eigenvalue weighted by atomic mass is 35.5. The zero-order valence-electron chi connectivity index (χ0n) is 13.7. The van der Waals surface area contributed by atoms with Gasteiger partial charge in [-0.25, -0.2) is 9.48 Å².